The van der Waals surface area contributed by atoms with Crippen molar-refractivity contribution in [3.63, 3.8) is 0 Å². The van der Waals surface area contributed by atoms with Gasteiger partial charge in [0.2, 0.25) is 5.91 Å². The molecule has 1 aromatic heterocycles. The summed E-state index contributed by atoms with van der Waals surface area (Å²) in [6, 6.07) is 15.9. The number of hydrogen-bond acceptors (Lipinski definition) is 3. The third kappa shape index (κ3) is 4.40. The van der Waals surface area contributed by atoms with Gasteiger partial charge in [-0.3, -0.25) is 10.1 Å². The third-order valence-electron chi connectivity index (χ3n) is 3.38. The molecule has 2 aromatic carbocycles. The summed E-state index contributed by atoms with van der Waals surface area (Å²) >= 11 is 4.80. The SMILES string of the molecule is Cc1ccc(-c2csc(NC(=O)C=Cc3ccc(Br)cc3)n2)cc1. The zero-order chi connectivity index (χ0) is 16.9. The van der Waals surface area contributed by atoms with Crippen LogP contribution in [0.3, 0.4) is 0 Å². The summed E-state index contributed by atoms with van der Waals surface area (Å²) in [4.78, 5) is 16.5. The molecule has 0 radical (unpaired) electrons. The smallest absolute Gasteiger partial charge is 0.250 e. The maximum absolute atomic E-state index is 12.0. The van der Waals surface area contributed by atoms with E-state index >= 15 is 0 Å². The monoisotopic (exact) mass is 398 g/mol. The van der Waals surface area contributed by atoms with Crippen LogP contribution in [-0.2, 0) is 4.79 Å². The topological polar surface area (TPSA) is 42.0 Å². The van der Waals surface area contributed by atoms with Crippen LogP contribution >= 0.6 is 27.3 Å². The Morgan fingerprint density at radius 2 is 1.83 bits per heavy atom. The van der Waals surface area contributed by atoms with Gasteiger partial charge in [-0.1, -0.05) is 57.9 Å². The molecule has 0 aliphatic carbocycles. The minimum atomic E-state index is -0.192. The third-order valence-corrected chi connectivity index (χ3v) is 4.67. The highest BCUT2D eigenvalue weighted by atomic mass is 79.9. The number of thiazole rings is 1. The van der Waals surface area contributed by atoms with E-state index in [0.29, 0.717) is 5.13 Å². The fourth-order valence-electron chi connectivity index (χ4n) is 2.08. The van der Waals surface area contributed by atoms with Crippen molar-refractivity contribution in [2.75, 3.05) is 5.32 Å². The van der Waals surface area contributed by atoms with Gasteiger partial charge in [0.25, 0.3) is 0 Å². The van der Waals surface area contributed by atoms with Crippen LogP contribution < -0.4 is 5.32 Å². The van der Waals surface area contributed by atoms with Crippen molar-refractivity contribution in [1.82, 2.24) is 4.98 Å². The zero-order valence-electron chi connectivity index (χ0n) is 13.0. The Morgan fingerprint density at radius 1 is 1.12 bits per heavy atom. The largest absolute Gasteiger partial charge is 0.298 e. The molecule has 0 fully saturated rings. The number of aromatic nitrogens is 1. The lowest BCUT2D eigenvalue weighted by atomic mass is 10.1. The molecule has 0 aliphatic heterocycles. The summed E-state index contributed by atoms with van der Waals surface area (Å²) in [6.07, 6.45) is 3.28. The molecule has 5 heteroatoms. The van der Waals surface area contributed by atoms with E-state index in [9.17, 15) is 4.79 Å². The fourth-order valence-corrected chi connectivity index (χ4v) is 3.07. The fraction of sp³-hybridized carbons (Fsp3) is 0.0526. The summed E-state index contributed by atoms with van der Waals surface area (Å²) in [5.74, 6) is -0.192. The van der Waals surface area contributed by atoms with Crippen molar-refractivity contribution < 1.29 is 4.79 Å². The molecule has 0 bridgehead atoms. The molecule has 120 valence electrons. The van der Waals surface area contributed by atoms with Gasteiger partial charge in [0.1, 0.15) is 0 Å². The van der Waals surface area contributed by atoms with E-state index in [1.807, 2.05) is 60.8 Å². The maximum atomic E-state index is 12.0. The lowest BCUT2D eigenvalue weighted by Gasteiger charge is -1.98. The number of anilines is 1. The maximum Gasteiger partial charge on any atom is 0.250 e. The second-order valence-electron chi connectivity index (χ2n) is 5.28. The van der Waals surface area contributed by atoms with Crippen molar-refractivity contribution in [2.45, 2.75) is 6.92 Å². The van der Waals surface area contributed by atoms with Crippen molar-refractivity contribution >= 4 is 44.4 Å². The Kier molecular flexibility index (Phi) is 5.23. The number of halogens is 1. The van der Waals surface area contributed by atoms with Crippen molar-refractivity contribution in [1.29, 1.82) is 0 Å². The van der Waals surface area contributed by atoms with E-state index in [4.69, 9.17) is 0 Å². The molecular formula is C19H15BrN2OS. The van der Waals surface area contributed by atoms with Gasteiger partial charge in [-0.25, -0.2) is 4.98 Å². The molecule has 24 heavy (non-hydrogen) atoms. The summed E-state index contributed by atoms with van der Waals surface area (Å²) in [5.41, 5.74) is 4.09. The molecule has 0 saturated heterocycles. The molecule has 0 aliphatic rings. The Hall–Kier alpha value is -2.24. The van der Waals surface area contributed by atoms with Gasteiger partial charge < -0.3 is 0 Å². The predicted octanol–water partition coefficient (Wildman–Crippen LogP) is 5.53. The number of nitrogens with zero attached hydrogens (tertiary/aromatic N) is 1. The van der Waals surface area contributed by atoms with Crippen LogP contribution in [0.25, 0.3) is 17.3 Å². The van der Waals surface area contributed by atoms with Gasteiger partial charge in [-0.2, -0.15) is 0 Å². The lowest BCUT2D eigenvalue weighted by molar-refractivity contribution is -0.111. The van der Waals surface area contributed by atoms with Crippen molar-refractivity contribution in [3.8, 4) is 11.3 Å². The molecular weight excluding hydrogens is 384 g/mol. The van der Waals surface area contributed by atoms with Crippen LogP contribution in [0.1, 0.15) is 11.1 Å². The lowest BCUT2D eigenvalue weighted by Crippen LogP contribution is -2.07. The number of rotatable bonds is 4. The number of amides is 1. The highest BCUT2D eigenvalue weighted by Crippen LogP contribution is 2.25. The molecule has 0 saturated carbocycles. The average molecular weight is 399 g/mol. The molecule has 1 heterocycles. The first kappa shape index (κ1) is 16.6. The second kappa shape index (κ2) is 7.55. The molecule has 3 nitrogen and oxygen atoms in total. The van der Waals surface area contributed by atoms with Gasteiger partial charge in [0.15, 0.2) is 5.13 Å². The summed E-state index contributed by atoms with van der Waals surface area (Å²) in [7, 11) is 0. The highest BCUT2D eigenvalue weighted by molar-refractivity contribution is 9.10. The Morgan fingerprint density at radius 3 is 2.54 bits per heavy atom. The molecule has 0 unspecified atom stereocenters. The number of hydrogen-bond donors (Lipinski definition) is 1. The van der Waals surface area contributed by atoms with E-state index in [0.717, 1.165) is 21.3 Å². The van der Waals surface area contributed by atoms with Gasteiger partial charge in [0, 0.05) is 21.5 Å². The van der Waals surface area contributed by atoms with Gasteiger partial charge >= 0.3 is 0 Å². The van der Waals surface area contributed by atoms with E-state index < -0.39 is 0 Å². The second-order valence-corrected chi connectivity index (χ2v) is 7.05. The molecule has 3 aromatic rings. The highest BCUT2D eigenvalue weighted by Gasteiger charge is 2.06. The van der Waals surface area contributed by atoms with Crippen LogP contribution in [0.2, 0.25) is 0 Å². The predicted molar refractivity (Wildman–Crippen MR) is 104 cm³/mol. The van der Waals surface area contributed by atoms with E-state index in [1.54, 1.807) is 6.08 Å². The van der Waals surface area contributed by atoms with Gasteiger partial charge in [0.05, 0.1) is 5.69 Å². The van der Waals surface area contributed by atoms with Crippen molar-refractivity contribution in [2.24, 2.45) is 0 Å². The molecule has 3 rings (SSSR count). The summed E-state index contributed by atoms with van der Waals surface area (Å²) < 4.78 is 1.01. The summed E-state index contributed by atoms with van der Waals surface area (Å²) in [6.45, 7) is 2.05. The molecule has 1 N–H and O–H groups in total. The van der Waals surface area contributed by atoms with Crippen LogP contribution in [0, 0.1) is 6.92 Å². The first-order valence-corrected chi connectivity index (χ1v) is 9.04. The van der Waals surface area contributed by atoms with E-state index in [1.165, 1.54) is 23.0 Å². The number of carbonyl (C=O) groups excluding carboxylic acids is 1. The van der Waals surface area contributed by atoms with Gasteiger partial charge in [-0.05, 0) is 30.7 Å². The zero-order valence-corrected chi connectivity index (χ0v) is 15.4. The van der Waals surface area contributed by atoms with Crippen LogP contribution in [-0.4, -0.2) is 10.9 Å². The minimum absolute atomic E-state index is 0.192. The minimum Gasteiger partial charge on any atom is -0.298 e. The Bertz CT molecular complexity index is 867. The van der Waals surface area contributed by atoms with Gasteiger partial charge in [-0.15, -0.1) is 11.3 Å². The summed E-state index contributed by atoms with van der Waals surface area (Å²) in [5, 5.41) is 5.33. The Balaban J connectivity index is 1.64. The standard InChI is InChI=1S/C19H15BrN2OS/c1-13-2-7-15(8-3-13)17-12-24-19(21-17)22-18(23)11-6-14-4-9-16(20)10-5-14/h2-12H,1H3,(H,21,22,23). The normalized spacial score (nSPS) is 10.9. The number of carbonyl (C=O) groups is 1. The Labute approximate surface area is 153 Å². The number of benzene rings is 2. The average Bonchev–Trinajstić information content (AvgIpc) is 3.03. The van der Waals surface area contributed by atoms with Crippen LogP contribution in [0.4, 0.5) is 5.13 Å². The van der Waals surface area contributed by atoms with E-state index in [2.05, 4.69) is 26.2 Å². The van der Waals surface area contributed by atoms with Crippen molar-refractivity contribution in [3.05, 3.63) is 75.6 Å². The first-order valence-electron chi connectivity index (χ1n) is 7.37. The van der Waals surface area contributed by atoms with E-state index in [-0.39, 0.29) is 5.91 Å². The first-order chi connectivity index (χ1) is 11.6. The number of nitrogens with one attached hydrogen (secondary N) is 1. The molecule has 0 atom stereocenters. The van der Waals surface area contributed by atoms with Crippen LogP contribution in [0.15, 0.2) is 64.5 Å². The quantitative estimate of drug-likeness (QED) is 0.586. The number of aryl methyl sites for hydroxylation is 1. The molecule has 0 spiro atoms. The molecule has 1 amide bonds. The van der Waals surface area contributed by atoms with Crippen LogP contribution in [0.5, 0.6) is 0 Å².